The van der Waals surface area contributed by atoms with Gasteiger partial charge in [0.05, 0.1) is 10.7 Å². The summed E-state index contributed by atoms with van der Waals surface area (Å²) < 4.78 is 0.967. The Kier molecular flexibility index (Phi) is 4.22. The molecule has 5 heteroatoms. The maximum absolute atomic E-state index is 6.10. The van der Waals surface area contributed by atoms with E-state index in [0.717, 1.165) is 21.4 Å². The van der Waals surface area contributed by atoms with Crippen LogP contribution in [0.4, 0.5) is 11.4 Å². The lowest BCUT2D eigenvalue weighted by molar-refractivity contribution is 1.52. The molecule has 2 rings (SSSR count). The lowest BCUT2D eigenvalue weighted by atomic mass is 10.2. The molecule has 0 fully saturated rings. The zero-order valence-corrected chi connectivity index (χ0v) is 12.4. The molecule has 0 heterocycles. The van der Waals surface area contributed by atoms with Gasteiger partial charge in [-0.25, -0.2) is 0 Å². The molecule has 0 radical (unpaired) electrons. The van der Waals surface area contributed by atoms with Crippen molar-refractivity contribution >= 4 is 56.1 Å². The molecular weight excluding hydrogens is 332 g/mol. The van der Waals surface area contributed by atoms with Crippen LogP contribution >= 0.6 is 39.7 Å². The molecule has 2 aromatic carbocycles. The van der Waals surface area contributed by atoms with Gasteiger partial charge in [0.25, 0.3) is 0 Å². The average Bonchev–Trinajstić information content (AvgIpc) is 2.34. The monoisotopic (exact) mass is 340 g/mol. The number of nitrogens with one attached hydrogen (secondary N) is 1. The van der Waals surface area contributed by atoms with Crippen molar-refractivity contribution in [2.75, 3.05) is 5.32 Å². The molecule has 0 aliphatic carbocycles. The number of rotatable bonds is 3. The van der Waals surface area contributed by atoms with Gasteiger partial charge in [0, 0.05) is 15.7 Å². The van der Waals surface area contributed by atoms with Crippen molar-refractivity contribution in [3.63, 3.8) is 0 Å². The Morgan fingerprint density at radius 3 is 2.44 bits per heavy atom. The molecule has 0 aliphatic heterocycles. The van der Waals surface area contributed by atoms with Crippen LogP contribution in [0.5, 0.6) is 0 Å². The molecule has 0 saturated carbocycles. The first kappa shape index (κ1) is 13.3. The second-order valence-electron chi connectivity index (χ2n) is 3.69. The SMILES string of the molecule is NC(=S)c1ccc(Nc2cc(Br)ccc2Cl)cc1. The van der Waals surface area contributed by atoms with Gasteiger partial charge in [-0.1, -0.05) is 39.7 Å². The number of hydrogen-bond acceptors (Lipinski definition) is 2. The van der Waals surface area contributed by atoms with Gasteiger partial charge in [-0.15, -0.1) is 0 Å². The summed E-state index contributed by atoms with van der Waals surface area (Å²) in [6.07, 6.45) is 0. The number of halogens is 2. The molecule has 2 nitrogen and oxygen atoms in total. The topological polar surface area (TPSA) is 38.0 Å². The fourth-order valence-corrected chi connectivity index (χ4v) is 2.13. The molecule has 0 atom stereocenters. The second kappa shape index (κ2) is 5.69. The number of anilines is 2. The van der Waals surface area contributed by atoms with Crippen LogP contribution in [0.2, 0.25) is 5.02 Å². The molecule has 18 heavy (non-hydrogen) atoms. The number of hydrogen-bond donors (Lipinski definition) is 2. The van der Waals surface area contributed by atoms with Crippen molar-refractivity contribution in [3.05, 3.63) is 57.5 Å². The highest BCUT2D eigenvalue weighted by atomic mass is 79.9. The fraction of sp³-hybridized carbons (Fsp3) is 0. The molecule has 2 aromatic rings. The first-order valence-electron chi connectivity index (χ1n) is 5.18. The van der Waals surface area contributed by atoms with E-state index in [-0.39, 0.29) is 0 Å². The highest BCUT2D eigenvalue weighted by Crippen LogP contribution is 2.28. The van der Waals surface area contributed by atoms with Crippen molar-refractivity contribution in [3.8, 4) is 0 Å². The maximum atomic E-state index is 6.10. The van der Waals surface area contributed by atoms with Gasteiger partial charge in [-0.2, -0.15) is 0 Å². The normalized spacial score (nSPS) is 10.1. The minimum atomic E-state index is 0.391. The summed E-state index contributed by atoms with van der Waals surface area (Å²) in [6, 6.07) is 13.2. The Labute approximate surface area is 124 Å². The van der Waals surface area contributed by atoms with Gasteiger partial charge >= 0.3 is 0 Å². The summed E-state index contributed by atoms with van der Waals surface area (Å²) in [5, 5.41) is 3.90. The van der Waals surface area contributed by atoms with Crippen LogP contribution in [0.1, 0.15) is 5.56 Å². The quantitative estimate of drug-likeness (QED) is 0.808. The molecule has 0 spiro atoms. The summed E-state index contributed by atoms with van der Waals surface area (Å²) in [6.45, 7) is 0. The van der Waals surface area contributed by atoms with Gasteiger partial charge < -0.3 is 11.1 Å². The van der Waals surface area contributed by atoms with E-state index in [1.54, 1.807) is 0 Å². The van der Waals surface area contributed by atoms with E-state index in [9.17, 15) is 0 Å². The molecule has 0 aromatic heterocycles. The minimum absolute atomic E-state index is 0.391. The zero-order chi connectivity index (χ0) is 13.1. The van der Waals surface area contributed by atoms with Crippen LogP contribution in [-0.4, -0.2) is 4.99 Å². The maximum Gasteiger partial charge on any atom is 0.103 e. The third-order valence-corrected chi connectivity index (χ3v) is 3.44. The number of benzene rings is 2. The molecule has 0 bridgehead atoms. The summed E-state index contributed by atoms with van der Waals surface area (Å²) in [7, 11) is 0. The standard InChI is InChI=1S/C13H10BrClN2S/c14-9-3-6-11(15)12(7-9)17-10-4-1-8(2-5-10)13(16)18/h1-7,17H,(H2,16,18). The Morgan fingerprint density at radius 1 is 1.17 bits per heavy atom. The van der Waals surface area contributed by atoms with E-state index in [1.165, 1.54) is 0 Å². The summed E-state index contributed by atoms with van der Waals surface area (Å²) in [5.74, 6) is 0. The number of nitrogens with two attached hydrogens (primary N) is 1. The third-order valence-electron chi connectivity index (χ3n) is 2.38. The van der Waals surface area contributed by atoms with E-state index in [0.29, 0.717) is 10.0 Å². The summed E-state index contributed by atoms with van der Waals surface area (Å²) >= 11 is 14.4. The highest BCUT2D eigenvalue weighted by Gasteiger charge is 2.02. The molecule has 3 N–H and O–H groups in total. The first-order chi connectivity index (χ1) is 8.56. The second-order valence-corrected chi connectivity index (χ2v) is 5.45. The van der Waals surface area contributed by atoms with Crippen molar-refractivity contribution in [2.24, 2.45) is 5.73 Å². The van der Waals surface area contributed by atoms with Gasteiger partial charge in [-0.05, 0) is 42.5 Å². The van der Waals surface area contributed by atoms with Crippen molar-refractivity contribution in [1.29, 1.82) is 0 Å². The lowest BCUT2D eigenvalue weighted by Gasteiger charge is -2.09. The van der Waals surface area contributed by atoms with Crippen LogP contribution < -0.4 is 11.1 Å². The van der Waals surface area contributed by atoms with E-state index < -0.39 is 0 Å². The minimum Gasteiger partial charge on any atom is -0.389 e. The Bertz CT molecular complexity index is 584. The largest absolute Gasteiger partial charge is 0.389 e. The van der Waals surface area contributed by atoms with Gasteiger partial charge in [-0.3, -0.25) is 0 Å². The predicted molar refractivity (Wildman–Crippen MR) is 84.8 cm³/mol. The smallest absolute Gasteiger partial charge is 0.103 e. The van der Waals surface area contributed by atoms with E-state index in [1.807, 2.05) is 42.5 Å². The summed E-state index contributed by atoms with van der Waals surface area (Å²) in [5.41, 5.74) is 8.16. The van der Waals surface area contributed by atoms with Crippen LogP contribution in [0.25, 0.3) is 0 Å². The van der Waals surface area contributed by atoms with E-state index in [2.05, 4.69) is 21.2 Å². The summed E-state index contributed by atoms with van der Waals surface area (Å²) in [4.78, 5) is 0.391. The highest BCUT2D eigenvalue weighted by molar-refractivity contribution is 9.10. The van der Waals surface area contributed by atoms with Gasteiger partial charge in [0.15, 0.2) is 0 Å². The van der Waals surface area contributed by atoms with Crippen molar-refractivity contribution < 1.29 is 0 Å². The average molecular weight is 342 g/mol. The lowest BCUT2D eigenvalue weighted by Crippen LogP contribution is -2.08. The van der Waals surface area contributed by atoms with E-state index in [4.69, 9.17) is 29.6 Å². The third kappa shape index (κ3) is 3.22. The molecule has 0 unspecified atom stereocenters. The van der Waals surface area contributed by atoms with Crippen LogP contribution in [0, 0.1) is 0 Å². The van der Waals surface area contributed by atoms with Crippen LogP contribution in [-0.2, 0) is 0 Å². The van der Waals surface area contributed by atoms with Crippen LogP contribution in [0.15, 0.2) is 46.9 Å². The van der Waals surface area contributed by atoms with Gasteiger partial charge in [0.1, 0.15) is 4.99 Å². The molecule has 0 saturated heterocycles. The number of thiocarbonyl (C=S) groups is 1. The van der Waals surface area contributed by atoms with Crippen molar-refractivity contribution in [1.82, 2.24) is 0 Å². The molecular formula is C13H10BrClN2S. The Hall–Kier alpha value is -1.10. The van der Waals surface area contributed by atoms with Crippen molar-refractivity contribution in [2.45, 2.75) is 0 Å². The molecule has 92 valence electrons. The predicted octanol–water partition coefficient (Wildman–Crippen LogP) is 4.48. The van der Waals surface area contributed by atoms with Gasteiger partial charge in [0.2, 0.25) is 0 Å². The first-order valence-corrected chi connectivity index (χ1v) is 6.76. The Balaban J connectivity index is 2.23. The molecule has 0 amide bonds. The van der Waals surface area contributed by atoms with E-state index >= 15 is 0 Å². The Morgan fingerprint density at radius 2 is 1.83 bits per heavy atom. The van der Waals surface area contributed by atoms with Crippen LogP contribution in [0.3, 0.4) is 0 Å². The fourth-order valence-electron chi connectivity index (χ4n) is 1.47. The molecule has 0 aliphatic rings. The zero-order valence-electron chi connectivity index (χ0n) is 9.28.